The highest BCUT2D eigenvalue weighted by molar-refractivity contribution is 7.89. The first-order valence-electron chi connectivity index (χ1n) is 8.62. The number of carbonyl (C=O) groups is 2. The van der Waals surface area contributed by atoms with E-state index in [1.165, 1.54) is 47.4 Å². The van der Waals surface area contributed by atoms with Crippen LogP contribution in [0, 0.1) is 12.7 Å². The minimum Gasteiger partial charge on any atom is -0.344 e. The van der Waals surface area contributed by atoms with Gasteiger partial charge in [-0.05, 0) is 55.3 Å². The zero-order valence-corrected chi connectivity index (χ0v) is 16.2. The van der Waals surface area contributed by atoms with Gasteiger partial charge in [-0.3, -0.25) is 9.59 Å². The topological polar surface area (TPSA) is 95.6 Å². The third-order valence-electron chi connectivity index (χ3n) is 4.55. The highest BCUT2D eigenvalue weighted by atomic mass is 32.2. The molecule has 2 aromatic carbocycles. The molecule has 1 aliphatic heterocycles. The third-order valence-corrected chi connectivity index (χ3v) is 6.02. The molecule has 2 N–H and O–H groups in total. The number of halogens is 1. The molecule has 1 saturated heterocycles. The summed E-state index contributed by atoms with van der Waals surface area (Å²) in [5.74, 6) is -1.20. The molecular weight excluding hydrogens is 385 g/mol. The van der Waals surface area contributed by atoms with E-state index in [4.69, 9.17) is 0 Å². The highest BCUT2D eigenvalue weighted by Gasteiger charge is 2.33. The molecule has 28 heavy (non-hydrogen) atoms. The molecule has 3 rings (SSSR count). The largest absolute Gasteiger partial charge is 0.344 e. The van der Waals surface area contributed by atoms with E-state index in [0.717, 1.165) is 0 Å². The van der Waals surface area contributed by atoms with E-state index < -0.39 is 22.0 Å². The summed E-state index contributed by atoms with van der Waals surface area (Å²) < 4.78 is 40.9. The Morgan fingerprint density at radius 3 is 2.61 bits per heavy atom. The summed E-state index contributed by atoms with van der Waals surface area (Å²) in [5.41, 5.74) is 0.902. The first-order valence-corrected chi connectivity index (χ1v) is 10.1. The van der Waals surface area contributed by atoms with Crippen LogP contribution >= 0.6 is 0 Å². The Labute approximate surface area is 162 Å². The number of carbonyl (C=O) groups excluding carboxylic acids is 2. The summed E-state index contributed by atoms with van der Waals surface area (Å²) in [6.45, 7) is 2.05. The first kappa shape index (κ1) is 20.0. The smallest absolute Gasteiger partial charge is 0.255 e. The van der Waals surface area contributed by atoms with Crippen molar-refractivity contribution < 1.29 is 22.4 Å². The number of sulfonamides is 1. The van der Waals surface area contributed by atoms with Crippen LogP contribution in [-0.2, 0) is 14.8 Å². The van der Waals surface area contributed by atoms with Gasteiger partial charge in [0.15, 0.2) is 0 Å². The van der Waals surface area contributed by atoms with Crippen LogP contribution in [0.15, 0.2) is 47.4 Å². The average molecular weight is 405 g/mol. The molecule has 148 valence electrons. The molecule has 1 heterocycles. The second-order valence-corrected chi connectivity index (χ2v) is 8.38. The van der Waals surface area contributed by atoms with E-state index in [1.54, 1.807) is 14.0 Å². The van der Waals surface area contributed by atoms with Crippen LogP contribution in [-0.4, -0.2) is 44.8 Å². The summed E-state index contributed by atoms with van der Waals surface area (Å²) in [4.78, 5) is 25.7. The number of benzene rings is 2. The van der Waals surface area contributed by atoms with Crippen molar-refractivity contribution in [3.8, 4) is 0 Å². The minimum atomic E-state index is -3.97. The van der Waals surface area contributed by atoms with Gasteiger partial charge in [-0.2, -0.15) is 4.72 Å². The van der Waals surface area contributed by atoms with Crippen molar-refractivity contribution in [2.75, 3.05) is 18.9 Å². The molecule has 1 aliphatic rings. The molecule has 1 fully saturated rings. The first-order chi connectivity index (χ1) is 13.2. The predicted octanol–water partition coefficient (Wildman–Crippen LogP) is 1.90. The lowest BCUT2D eigenvalue weighted by molar-refractivity contribution is -0.127. The van der Waals surface area contributed by atoms with E-state index in [0.29, 0.717) is 24.2 Å². The van der Waals surface area contributed by atoms with Crippen LogP contribution in [0.3, 0.4) is 0 Å². The van der Waals surface area contributed by atoms with Gasteiger partial charge in [-0.1, -0.05) is 6.07 Å². The van der Waals surface area contributed by atoms with Crippen molar-refractivity contribution in [3.63, 3.8) is 0 Å². The number of amides is 2. The molecule has 1 atom stereocenters. The van der Waals surface area contributed by atoms with E-state index >= 15 is 0 Å². The van der Waals surface area contributed by atoms with E-state index in [2.05, 4.69) is 10.0 Å². The Hall–Kier alpha value is -2.78. The van der Waals surface area contributed by atoms with Gasteiger partial charge >= 0.3 is 0 Å². The van der Waals surface area contributed by atoms with E-state index in [1.807, 2.05) is 0 Å². The Kier molecular flexibility index (Phi) is 5.48. The number of nitrogens with one attached hydrogen (secondary N) is 2. The molecule has 0 aromatic heterocycles. The van der Waals surface area contributed by atoms with Gasteiger partial charge in [0.1, 0.15) is 11.9 Å². The standard InChI is InChI=1S/C19H20FN3O4S/c1-12-10-14(6-7-16(12)20)21-18(24)13-4-3-5-15(11-13)28(26,27)22-17-8-9-23(2)19(17)25/h3-7,10-11,17,22H,8-9H2,1-2H3,(H,21,24). The Morgan fingerprint density at radius 1 is 1.21 bits per heavy atom. The van der Waals surface area contributed by atoms with Crippen molar-refractivity contribution in [2.45, 2.75) is 24.3 Å². The number of hydrogen-bond acceptors (Lipinski definition) is 4. The maximum Gasteiger partial charge on any atom is 0.255 e. The van der Waals surface area contributed by atoms with Crippen molar-refractivity contribution in [1.82, 2.24) is 9.62 Å². The lowest BCUT2D eigenvalue weighted by Crippen LogP contribution is -2.40. The number of nitrogens with zero attached hydrogens (tertiary/aromatic N) is 1. The molecule has 0 saturated carbocycles. The SMILES string of the molecule is Cc1cc(NC(=O)c2cccc(S(=O)(=O)NC3CCN(C)C3=O)c2)ccc1F. The molecule has 0 spiro atoms. The van der Waals surface area contributed by atoms with Gasteiger partial charge in [0.2, 0.25) is 15.9 Å². The summed E-state index contributed by atoms with van der Waals surface area (Å²) in [5, 5.41) is 2.61. The lowest BCUT2D eigenvalue weighted by Gasteiger charge is -2.13. The number of rotatable bonds is 5. The van der Waals surface area contributed by atoms with Crippen molar-refractivity contribution in [3.05, 3.63) is 59.4 Å². The molecular formula is C19H20FN3O4S. The molecule has 0 bridgehead atoms. The van der Waals surface area contributed by atoms with E-state index in [-0.39, 0.29) is 22.2 Å². The van der Waals surface area contributed by atoms with Crippen LogP contribution in [0.1, 0.15) is 22.3 Å². The summed E-state index contributed by atoms with van der Waals surface area (Å²) in [6.07, 6.45) is 0.388. The molecule has 9 heteroatoms. The maximum absolute atomic E-state index is 13.3. The Balaban J connectivity index is 1.78. The van der Waals surface area contributed by atoms with Crippen molar-refractivity contribution in [1.29, 1.82) is 0 Å². The summed E-state index contributed by atoms with van der Waals surface area (Å²) in [6, 6.07) is 8.84. The quantitative estimate of drug-likeness (QED) is 0.794. The van der Waals surface area contributed by atoms with Crippen LogP contribution in [0.25, 0.3) is 0 Å². The number of aryl methyl sites for hydroxylation is 1. The minimum absolute atomic E-state index is 0.113. The lowest BCUT2D eigenvalue weighted by atomic mass is 10.2. The van der Waals surface area contributed by atoms with Crippen LogP contribution in [0.5, 0.6) is 0 Å². The summed E-state index contributed by atoms with van der Waals surface area (Å²) >= 11 is 0. The molecule has 1 unspecified atom stereocenters. The normalized spacial score (nSPS) is 17.0. The van der Waals surface area contributed by atoms with Gasteiger partial charge < -0.3 is 10.2 Å². The highest BCUT2D eigenvalue weighted by Crippen LogP contribution is 2.18. The second-order valence-electron chi connectivity index (χ2n) is 6.67. The van der Waals surface area contributed by atoms with Gasteiger partial charge in [0.25, 0.3) is 5.91 Å². The summed E-state index contributed by atoms with van der Waals surface area (Å²) in [7, 11) is -2.36. The van der Waals surface area contributed by atoms with E-state index in [9.17, 15) is 22.4 Å². The molecule has 2 amide bonds. The molecule has 0 radical (unpaired) electrons. The zero-order chi connectivity index (χ0) is 20.5. The fourth-order valence-corrected chi connectivity index (χ4v) is 4.19. The van der Waals surface area contributed by atoms with Gasteiger partial charge in [-0.15, -0.1) is 0 Å². The van der Waals surface area contributed by atoms with Crippen molar-refractivity contribution >= 4 is 27.5 Å². The van der Waals surface area contributed by atoms with Gasteiger partial charge in [0, 0.05) is 24.8 Å². The fourth-order valence-electron chi connectivity index (χ4n) is 2.92. The number of likely N-dealkylation sites (tertiary alicyclic amines) is 1. The fraction of sp³-hybridized carbons (Fsp3) is 0.263. The molecule has 2 aromatic rings. The molecule has 0 aliphatic carbocycles. The van der Waals surface area contributed by atoms with Crippen LogP contribution in [0.2, 0.25) is 0 Å². The zero-order valence-electron chi connectivity index (χ0n) is 15.4. The predicted molar refractivity (Wildman–Crippen MR) is 102 cm³/mol. The molecule has 7 nitrogen and oxygen atoms in total. The number of hydrogen-bond donors (Lipinski definition) is 2. The monoisotopic (exact) mass is 405 g/mol. The third kappa shape index (κ3) is 4.20. The van der Waals surface area contributed by atoms with Gasteiger partial charge in [0.05, 0.1) is 4.90 Å². The Bertz CT molecular complexity index is 1040. The van der Waals surface area contributed by atoms with Gasteiger partial charge in [-0.25, -0.2) is 12.8 Å². The van der Waals surface area contributed by atoms with Crippen molar-refractivity contribution in [2.24, 2.45) is 0 Å². The second kappa shape index (κ2) is 7.69. The average Bonchev–Trinajstić information content (AvgIpc) is 2.96. The number of anilines is 1. The van der Waals surface area contributed by atoms with Crippen LogP contribution in [0.4, 0.5) is 10.1 Å². The maximum atomic E-state index is 13.3. The number of likely N-dealkylation sites (N-methyl/N-ethyl adjacent to an activating group) is 1. The Morgan fingerprint density at radius 2 is 1.96 bits per heavy atom. The van der Waals surface area contributed by atoms with Crippen LogP contribution < -0.4 is 10.0 Å².